The summed E-state index contributed by atoms with van der Waals surface area (Å²) < 4.78 is 5.54. The van der Waals surface area contributed by atoms with Crippen molar-refractivity contribution < 1.29 is 9.84 Å². The van der Waals surface area contributed by atoms with Gasteiger partial charge in [-0.1, -0.05) is 0 Å². The van der Waals surface area contributed by atoms with Crippen LogP contribution in [0.3, 0.4) is 0 Å². The molecule has 0 atom stereocenters. The fraction of sp³-hybridized carbons (Fsp3) is 0.167. The molecule has 0 bridgehead atoms. The number of aromatic hydroxyl groups is 1. The molecule has 0 saturated carbocycles. The summed E-state index contributed by atoms with van der Waals surface area (Å²) in [4.78, 5) is 4.22. The number of hydrogen-bond acceptors (Lipinski definition) is 6. The lowest BCUT2D eigenvalue weighted by atomic mass is 10.2. The van der Waals surface area contributed by atoms with Gasteiger partial charge in [0.25, 0.3) is 0 Å². The predicted molar refractivity (Wildman–Crippen MR) is 80.4 cm³/mol. The first-order chi connectivity index (χ1) is 9.11. The topological polar surface area (TPSA) is 66.7 Å². The molecule has 0 unspecified atom stereocenters. The molecule has 1 aromatic carbocycles. The van der Waals surface area contributed by atoms with E-state index in [-0.39, 0.29) is 5.75 Å². The Morgan fingerprint density at radius 3 is 2.95 bits per heavy atom. The van der Waals surface area contributed by atoms with Crippen LogP contribution in [0.25, 0.3) is 0 Å². The normalized spacial score (nSPS) is 10.9. The highest BCUT2D eigenvalue weighted by molar-refractivity contribution is 9.10. The smallest absolute Gasteiger partial charge is 0.203 e. The molecule has 1 aromatic heterocycles. The van der Waals surface area contributed by atoms with E-state index in [0.29, 0.717) is 10.2 Å². The summed E-state index contributed by atoms with van der Waals surface area (Å²) in [6.45, 7) is 1.92. The number of thiazole rings is 1. The van der Waals surface area contributed by atoms with Gasteiger partial charge in [-0.3, -0.25) is 5.43 Å². The average molecular weight is 342 g/mol. The molecule has 19 heavy (non-hydrogen) atoms. The van der Waals surface area contributed by atoms with Gasteiger partial charge in [-0.2, -0.15) is 5.10 Å². The molecule has 0 aliphatic rings. The molecule has 2 rings (SSSR count). The highest BCUT2D eigenvalue weighted by Crippen LogP contribution is 2.35. The number of benzene rings is 1. The molecule has 100 valence electrons. The number of phenolic OH excluding ortho intramolecular Hbond substituents is 1. The molecular weight excluding hydrogens is 330 g/mol. The molecular formula is C12H12BrN3O2S. The van der Waals surface area contributed by atoms with E-state index in [1.54, 1.807) is 18.3 Å². The summed E-state index contributed by atoms with van der Waals surface area (Å²) in [6, 6.07) is 3.47. The second-order valence-electron chi connectivity index (χ2n) is 3.68. The van der Waals surface area contributed by atoms with E-state index in [1.165, 1.54) is 18.4 Å². The highest BCUT2D eigenvalue weighted by atomic mass is 79.9. The quantitative estimate of drug-likeness (QED) is 0.660. The van der Waals surface area contributed by atoms with Crippen molar-refractivity contribution in [3.05, 3.63) is 33.2 Å². The average Bonchev–Trinajstić information content (AvgIpc) is 2.81. The number of ether oxygens (including phenoxy) is 1. The van der Waals surface area contributed by atoms with Crippen molar-refractivity contribution in [2.75, 3.05) is 12.5 Å². The van der Waals surface area contributed by atoms with Gasteiger partial charge in [-0.25, -0.2) is 4.98 Å². The molecule has 0 fully saturated rings. The summed E-state index contributed by atoms with van der Waals surface area (Å²) in [5, 5.41) is 16.6. The van der Waals surface area contributed by atoms with Gasteiger partial charge in [0.1, 0.15) is 0 Å². The Kier molecular flexibility index (Phi) is 4.39. The predicted octanol–water partition coefficient (Wildman–Crippen LogP) is 3.37. The van der Waals surface area contributed by atoms with Crippen LogP contribution >= 0.6 is 27.3 Å². The molecule has 2 aromatic rings. The molecule has 1 heterocycles. The maximum absolute atomic E-state index is 9.83. The largest absolute Gasteiger partial charge is 0.503 e. The molecule has 0 amide bonds. The van der Waals surface area contributed by atoms with Crippen LogP contribution < -0.4 is 10.2 Å². The first-order valence-corrected chi connectivity index (χ1v) is 7.05. The summed E-state index contributed by atoms with van der Waals surface area (Å²) in [5.74, 6) is 0.462. The lowest BCUT2D eigenvalue weighted by Gasteiger charge is -2.06. The zero-order valence-corrected chi connectivity index (χ0v) is 12.7. The Morgan fingerprint density at radius 1 is 1.53 bits per heavy atom. The van der Waals surface area contributed by atoms with E-state index in [4.69, 9.17) is 4.74 Å². The molecule has 2 N–H and O–H groups in total. The van der Waals surface area contributed by atoms with Crippen molar-refractivity contribution in [3.63, 3.8) is 0 Å². The second-order valence-corrected chi connectivity index (χ2v) is 5.33. The number of phenols is 1. The van der Waals surface area contributed by atoms with Gasteiger partial charge in [-0.05, 0) is 35.0 Å². The van der Waals surface area contributed by atoms with Crippen LogP contribution in [-0.2, 0) is 0 Å². The van der Waals surface area contributed by atoms with Crippen molar-refractivity contribution in [3.8, 4) is 11.5 Å². The minimum atomic E-state index is 0.0524. The Hall–Kier alpha value is -1.60. The van der Waals surface area contributed by atoms with Gasteiger partial charge in [0, 0.05) is 10.9 Å². The van der Waals surface area contributed by atoms with Crippen molar-refractivity contribution in [1.29, 1.82) is 0 Å². The number of hydrazone groups is 1. The van der Waals surface area contributed by atoms with Crippen LogP contribution in [0.2, 0.25) is 0 Å². The molecule has 7 heteroatoms. The molecule has 0 spiro atoms. The van der Waals surface area contributed by atoms with Crippen LogP contribution in [0, 0.1) is 6.92 Å². The fourth-order valence-corrected chi connectivity index (χ4v) is 2.46. The van der Waals surface area contributed by atoms with Gasteiger partial charge in [0.2, 0.25) is 5.13 Å². The van der Waals surface area contributed by atoms with Crippen LogP contribution in [0.1, 0.15) is 11.3 Å². The molecule has 0 aliphatic carbocycles. The molecule has 0 aliphatic heterocycles. The van der Waals surface area contributed by atoms with E-state index < -0.39 is 0 Å². The monoisotopic (exact) mass is 341 g/mol. The molecule has 5 nitrogen and oxygen atoms in total. The van der Waals surface area contributed by atoms with Crippen LogP contribution in [0.15, 0.2) is 27.1 Å². The van der Waals surface area contributed by atoms with Crippen molar-refractivity contribution in [1.82, 2.24) is 4.98 Å². The van der Waals surface area contributed by atoms with Gasteiger partial charge in [0.15, 0.2) is 11.5 Å². The number of anilines is 1. The van der Waals surface area contributed by atoms with Gasteiger partial charge >= 0.3 is 0 Å². The fourth-order valence-electron chi connectivity index (χ4n) is 1.39. The molecule has 0 radical (unpaired) electrons. The Balaban J connectivity index is 2.13. The number of rotatable bonds is 4. The lowest BCUT2D eigenvalue weighted by Crippen LogP contribution is -1.92. The Morgan fingerprint density at radius 2 is 2.32 bits per heavy atom. The van der Waals surface area contributed by atoms with E-state index in [9.17, 15) is 5.11 Å². The first-order valence-electron chi connectivity index (χ1n) is 5.38. The van der Waals surface area contributed by atoms with Crippen LogP contribution in [-0.4, -0.2) is 23.4 Å². The third kappa shape index (κ3) is 3.24. The maximum Gasteiger partial charge on any atom is 0.203 e. The van der Waals surface area contributed by atoms with E-state index in [1.807, 2.05) is 12.3 Å². The van der Waals surface area contributed by atoms with Gasteiger partial charge < -0.3 is 9.84 Å². The van der Waals surface area contributed by atoms with E-state index >= 15 is 0 Å². The van der Waals surface area contributed by atoms with E-state index in [0.717, 1.165) is 16.4 Å². The first kappa shape index (κ1) is 13.8. The third-order valence-electron chi connectivity index (χ3n) is 2.31. The maximum atomic E-state index is 9.83. The summed E-state index contributed by atoms with van der Waals surface area (Å²) in [5.41, 5.74) is 4.52. The number of hydrogen-bond donors (Lipinski definition) is 2. The summed E-state index contributed by atoms with van der Waals surface area (Å²) in [6.07, 6.45) is 1.60. The SMILES string of the molecule is COc1ccc(/C=N/Nc2nc(C)cs2)c(Br)c1O. The Labute approximate surface area is 123 Å². The zero-order valence-electron chi connectivity index (χ0n) is 10.3. The number of aromatic nitrogens is 1. The van der Waals surface area contributed by atoms with Crippen molar-refractivity contribution in [2.45, 2.75) is 6.92 Å². The second kappa shape index (κ2) is 6.03. The Bertz CT molecular complexity index is 613. The zero-order chi connectivity index (χ0) is 13.8. The number of methoxy groups -OCH3 is 1. The van der Waals surface area contributed by atoms with Gasteiger partial charge in [-0.15, -0.1) is 11.3 Å². The number of aryl methyl sites for hydroxylation is 1. The summed E-state index contributed by atoms with van der Waals surface area (Å²) >= 11 is 4.78. The van der Waals surface area contributed by atoms with Crippen LogP contribution in [0.5, 0.6) is 11.5 Å². The van der Waals surface area contributed by atoms with E-state index in [2.05, 4.69) is 31.4 Å². The van der Waals surface area contributed by atoms with Crippen molar-refractivity contribution >= 4 is 38.6 Å². The lowest BCUT2D eigenvalue weighted by molar-refractivity contribution is 0.372. The number of halogens is 1. The minimum absolute atomic E-state index is 0.0524. The molecule has 0 saturated heterocycles. The standard InChI is InChI=1S/C12H12BrN3O2S/c1-7-6-19-12(15-7)16-14-5-8-3-4-9(18-2)11(17)10(8)13/h3-6,17H,1-2H3,(H,15,16)/b14-5+. The minimum Gasteiger partial charge on any atom is -0.503 e. The van der Waals surface area contributed by atoms with Crippen molar-refractivity contribution in [2.24, 2.45) is 5.10 Å². The number of nitrogens with one attached hydrogen (secondary N) is 1. The summed E-state index contributed by atoms with van der Waals surface area (Å²) in [7, 11) is 1.50. The van der Waals surface area contributed by atoms with Crippen LogP contribution in [0.4, 0.5) is 5.13 Å². The number of nitrogens with zero attached hydrogens (tertiary/aromatic N) is 2. The van der Waals surface area contributed by atoms with Gasteiger partial charge in [0.05, 0.1) is 23.5 Å². The third-order valence-corrected chi connectivity index (χ3v) is 4.01. The highest BCUT2D eigenvalue weighted by Gasteiger charge is 2.09.